The third-order valence-corrected chi connectivity index (χ3v) is 2.95. The molecule has 1 N–H and O–H groups in total. The van der Waals surface area contributed by atoms with E-state index in [2.05, 4.69) is 11.9 Å². The molecule has 4 atom stereocenters. The van der Waals surface area contributed by atoms with Crippen LogP contribution in [0.3, 0.4) is 0 Å². The molecule has 0 aromatic heterocycles. The van der Waals surface area contributed by atoms with Crippen LogP contribution in [0.4, 0.5) is 0 Å². The van der Waals surface area contributed by atoms with Gasteiger partial charge < -0.3 is 14.7 Å². The molecule has 4 unspecified atom stereocenters. The molecule has 0 aromatic rings. The number of morpholine rings is 1. The maximum Gasteiger partial charge on any atom is 0.126 e. The van der Waals surface area contributed by atoms with E-state index in [0.717, 1.165) is 6.42 Å². The fourth-order valence-corrected chi connectivity index (χ4v) is 2.28. The van der Waals surface area contributed by atoms with E-state index >= 15 is 0 Å². The first-order valence-electron chi connectivity index (χ1n) is 4.05. The number of aliphatic hydroxyl groups excluding tert-OH is 1. The minimum Gasteiger partial charge on any atom is -0.389 e. The summed E-state index contributed by atoms with van der Waals surface area (Å²) in [7, 11) is 2.08. The van der Waals surface area contributed by atoms with Crippen LogP contribution < -0.4 is 0 Å². The third kappa shape index (κ3) is 0.607. The van der Waals surface area contributed by atoms with E-state index in [1.807, 2.05) is 6.08 Å². The number of ether oxygens (including phenoxy) is 1. The van der Waals surface area contributed by atoms with Crippen LogP contribution in [0.2, 0.25) is 0 Å². The van der Waals surface area contributed by atoms with Crippen molar-refractivity contribution in [2.45, 2.75) is 30.8 Å². The highest BCUT2D eigenvalue weighted by Crippen LogP contribution is 2.47. The summed E-state index contributed by atoms with van der Waals surface area (Å²) in [5.41, 5.74) is 1.19. The van der Waals surface area contributed by atoms with Crippen LogP contribution in [0.25, 0.3) is 0 Å². The maximum atomic E-state index is 9.39. The van der Waals surface area contributed by atoms with E-state index in [4.69, 9.17) is 4.74 Å². The molecule has 3 heteroatoms. The van der Waals surface area contributed by atoms with Crippen molar-refractivity contribution in [1.82, 2.24) is 4.90 Å². The van der Waals surface area contributed by atoms with Crippen molar-refractivity contribution in [3.8, 4) is 0 Å². The van der Waals surface area contributed by atoms with Crippen LogP contribution in [0.15, 0.2) is 11.8 Å². The first kappa shape index (κ1) is 6.03. The predicted octanol–water partition coefficient (Wildman–Crippen LogP) is -0.284. The second-order valence-electron chi connectivity index (χ2n) is 3.59. The summed E-state index contributed by atoms with van der Waals surface area (Å²) >= 11 is 0. The normalized spacial score (nSPS) is 52.2. The van der Waals surface area contributed by atoms with Gasteiger partial charge in [-0.3, -0.25) is 0 Å². The number of hydrogen-bond donors (Lipinski definition) is 1. The van der Waals surface area contributed by atoms with Gasteiger partial charge in [-0.1, -0.05) is 0 Å². The lowest BCUT2D eigenvalue weighted by Crippen LogP contribution is -2.37. The molecule has 3 heterocycles. The van der Waals surface area contributed by atoms with E-state index in [0.29, 0.717) is 18.2 Å². The van der Waals surface area contributed by atoms with Crippen LogP contribution in [0, 0.1) is 0 Å². The second-order valence-corrected chi connectivity index (χ2v) is 3.59. The molecule has 0 aromatic carbocycles. The molecule has 0 saturated carbocycles. The lowest BCUT2D eigenvalue weighted by molar-refractivity contribution is 0.114. The average Bonchev–Trinajstić information content (AvgIpc) is 2.66. The fourth-order valence-electron chi connectivity index (χ4n) is 2.28. The van der Waals surface area contributed by atoms with Crippen molar-refractivity contribution in [3.05, 3.63) is 11.8 Å². The highest BCUT2D eigenvalue weighted by molar-refractivity contribution is 5.30. The number of likely N-dealkylation sites (N-methyl/N-ethyl adjacent to an activating group) is 1. The Morgan fingerprint density at radius 1 is 1.73 bits per heavy atom. The summed E-state index contributed by atoms with van der Waals surface area (Å²) in [6.07, 6.45) is 3.24. The van der Waals surface area contributed by atoms with Gasteiger partial charge in [0.25, 0.3) is 0 Å². The first-order chi connectivity index (χ1) is 5.27. The molecule has 3 aliphatic rings. The van der Waals surface area contributed by atoms with Crippen LogP contribution in [-0.2, 0) is 4.74 Å². The Morgan fingerprint density at radius 2 is 2.55 bits per heavy atom. The molecule has 0 aliphatic carbocycles. The summed E-state index contributed by atoms with van der Waals surface area (Å²) in [4.78, 5) is 2.24. The average molecular weight is 153 g/mol. The molecule has 3 nitrogen and oxygen atoms in total. The van der Waals surface area contributed by atoms with Crippen molar-refractivity contribution < 1.29 is 9.84 Å². The van der Waals surface area contributed by atoms with E-state index < -0.39 is 0 Å². The summed E-state index contributed by atoms with van der Waals surface area (Å²) in [5.74, 6) is 0. The van der Waals surface area contributed by atoms with Gasteiger partial charge in [-0.25, -0.2) is 0 Å². The standard InChI is InChI=1S/C8H11NO2/c1-9-5-2-4(10)3-6(9)8-7(5)11-8/h2,4,6-8,10H,3H2,1H3. The quantitative estimate of drug-likeness (QED) is 0.486. The van der Waals surface area contributed by atoms with Crippen LogP contribution in [-0.4, -0.2) is 41.4 Å². The Labute approximate surface area is 65.3 Å². The minimum atomic E-state index is -0.234. The van der Waals surface area contributed by atoms with Crippen molar-refractivity contribution in [3.63, 3.8) is 0 Å². The van der Waals surface area contributed by atoms with E-state index in [1.165, 1.54) is 5.70 Å². The Balaban J connectivity index is 2.04. The van der Waals surface area contributed by atoms with E-state index in [9.17, 15) is 5.11 Å². The van der Waals surface area contributed by atoms with Gasteiger partial charge in [-0.15, -0.1) is 0 Å². The van der Waals surface area contributed by atoms with Gasteiger partial charge in [0, 0.05) is 12.7 Å². The highest BCUT2D eigenvalue weighted by atomic mass is 16.6. The Bertz CT molecular complexity index is 238. The summed E-state index contributed by atoms with van der Waals surface area (Å²) in [6.45, 7) is 0. The number of fused-ring (bicyclic) bond motifs is 5. The Kier molecular flexibility index (Phi) is 0.887. The molecule has 2 saturated heterocycles. The molecule has 0 spiro atoms. The van der Waals surface area contributed by atoms with Gasteiger partial charge in [0.05, 0.1) is 12.1 Å². The molecule has 60 valence electrons. The SMILES string of the molecule is CN1C2=CC(O)CC1C1OC21. The highest BCUT2D eigenvalue weighted by Gasteiger charge is 2.58. The molecule has 11 heavy (non-hydrogen) atoms. The Morgan fingerprint density at radius 3 is 3.27 bits per heavy atom. The number of aliphatic hydroxyl groups is 1. The summed E-state index contributed by atoms with van der Waals surface area (Å²) < 4.78 is 5.42. The first-order valence-corrected chi connectivity index (χ1v) is 4.05. The molecule has 0 radical (unpaired) electrons. The zero-order chi connectivity index (χ0) is 7.59. The van der Waals surface area contributed by atoms with Crippen LogP contribution >= 0.6 is 0 Å². The fraction of sp³-hybridized carbons (Fsp3) is 0.750. The molecule has 0 amide bonds. The van der Waals surface area contributed by atoms with Gasteiger partial charge in [0.2, 0.25) is 0 Å². The van der Waals surface area contributed by atoms with Gasteiger partial charge >= 0.3 is 0 Å². The molecule has 3 aliphatic heterocycles. The van der Waals surface area contributed by atoms with Gasteiger partial charge in [-0.05, 0) is 12.5 Å². The third-order valence-electron chi connectivity index (χ3n) is 2.95. The van der Waals surface area contributed by atoms with Gasteiger partial charge in [-0.2, -0.15) is 0 Å². The topological polar surface area (TPSA) is 36.0 Å². The molecular weight excluding hydrogens is 142 g/mol. The molecule has 3 rings (SSSR count). The maximum absolute atomic E-state index is 9.39. The lowest BCUT2D eigenvalue weighted by atomic mass is 10.1. The van der Waals surface area contributed by atoms with Crippen molar-refractivity contribution in [2.75, 3.05) is 7.05 Å². The number of hydrogen-bond acceptors (Lipinski definition) is 3. The van der Waals surface area contributed by atoms with Crippen molar-refractivity contribution in [2.24, 2.45) is 0 Å². The number of epoxide rings is 1. The second kappa shape index (κ2) is 1.62. The van der Waals surface area contributed by atoms with Gasteiger partial charge in [0.1, 0.15) is 12.2 Å². The zero-order valence-corrected chi connectivity index (χ0v) is 6.40. The van der Waals surface area contributed by atoms with Crippen LogP contribution in [0.5, 0.6) is 0 Å². The lowest BCUT2D eigenvalue weighted by Gasteiger charge is -2.31. The van der Waals surface area contributed by atoms with E-state index in [1.54, 1.807) is 0 Å². The largest absolute Gasteiger partial charge is 0.389 e. The molecular formula is C8H11NO2. The Hall–Kier alpha value is -0.540. The number of rotatable bonds is 0. The minimum absolute atomic E-state index is 0.234. The summed E-state index contributed by atoms with van der Waals surface area (Å²) in [5, 5.41) is 9.39. The molecule has 2 bridgehead atoms. The smallest absolute Gasteiger partial charge is 0.126 e. The van der Waals surface area contributed by atoms with Crippen molar-refractivity contribution in [1.29, 1.82) is 0 Å². The van der Waals surface area contributed by atoms with Crippen LogP contribution in [0.1, 0.15) is 6.42 Å². The predicted molar refractivity (Wildman–Crippen MR) is 38.9 cm³/mol. The number of nitrogens with zero attached hydrogens (tertiary/aromatic N) is 1. The summed E-state index contributed by atoms with van der Waals surface area (Å²) in [6, 6.07) is 0.440. The zero-order valence-electron chi connectivity index (χ0n) is 6.40. The van der Waals surface area contributed by atoms with Gasteiger partial charge in [0.15, 0.2) is 0 Å². The van der Waals surface area contributed by atoms with Crippen molar-refractivity contribution >= 4 is 0 Å². The van der Waals surface area contributed by atoms with E-state index in [-0.39, 0.29) is 6.10 Å². The monoisotopic (exact) mass is 153 g/mol. The molecule has 2 fully saturated rings.